The number of carbonyl (C=O) groups is 1. The monoisotopic (exact) mass is 211 g/mol. The van der Waals surface area contributed by atoms with Crippen LogP contribution in [0.25, 0.3) is 0 Å². The Balaban J connectivity index is 2.23. The molecule has 1 aromatic heterocycles. The lowest BCUT2D eigenvalue weighted by Crippen LogP contribution is -2.11. The van der Waals surface area contributed by atoms with Gasteiger partial charge in [0.25, 0.3) is 5.91 Å². The van der Waals surface area contributed by atoms with Gasteiger partial charge in [-0.05, 0) is 12.8 Å². The second-order valence-corrected chi connectivity index (χ2v) is 3.50. The van der Waals surface area contributed by atoms with E-state index in [0.29, 0.717) is 5.69 Å². The standard InChI is InChI=1S/C10H17N3O2/c11-10(15)9-7-13(8-12-9)5-3-1-2-4-6-14/h7-8,14H,1-6H2,(H2,11,15). The molecule has 84 valence electrons. The van der Waals surface area contributed by atoms with Gasteiger partial charge in [0.1, 0.15) is 5.69 Å². The van der Waals surface area contributed by atoms with E-state index in [2.05, 4.69) is 4.98 Å². The molecule has 0 saturated carbocycles. The Morgan fingerprint density at radius 3 is 2.73 bits per heavy atom. The number of unbranched alkanes of at least 4 members (excludes halogenated alkanes) is 3. The summed E-state index contributed by atoms with van der Waals surface area (Å²) in [6.45, 7) is 1.10. The predicted octanol–water partition coefficient (Wildman–Crippen LogP) is 0.535. The van der Waals surface area contributed by atoms with E-state index in [1.807, 2.05) is 4.57 Å². The molecule has 1 heterocycles. The van der Waals surface area contributed by atoms with Crippen molar-refractivity contribution in [2.24, 2.45) is 5.73 Å². The number of aliphatic hydroxyl groups excluding tert-OH is 1. The Hall–Kier alpha value is -1.36. The summed E-state index contributed by atoms with van der Waals surface area (Å²) in [6, 6.07) is 0. The highest BCUT2D eigenvalue weighted by atomic mass is 16.2. The predicted molar refractivity (Wildman–Crippen MR) is 56.3 cm³/mol. The third-order valence-electron chi connectivity index (χ3n) is 2.21. The van der Waals surface area contributed by atoms with Crippen LogP contribution in [0, 0.1) is 0 Å². The molecule has 0 aromatic carbocycles. The second-order valence-electron chi connectivity index (χ2n) is 3.50. The number of aryl methyl sites for hydroxylation is 1. The average Bonchev–Trinajstić information content (AvgIpc) is 2.66. The number of amides is 1. The molecule has 0 aliphatic heterocycles. The Kier molecular flexibility index (Phi) is 4.83. The summed E-state index contributed by atoms with van der Waals surface area (Å²) in [5.41, 5.74) is 5.39. The molecule has 1 rings (SSSR count). The van der Waals surface area contributed by atoms with E-state index in [1.54, 1.807) is 12.5 Å². The van der Waals surface area contributed by atoms with Gasteiger partial charge in [0, 0.05) is 19.3 Å². The number of hydrogen-bond acceptors (Lipinski definition) is 3. The zero-order valence-corrected chi connectivity index (χ0v) is 8.72. The van der Waals surface area contributed by atoms with Crippen LogP contribution in [0.2, 0.25) is 0 Å². The van der Waals surface area contributed by atoms with Crippen molar-refractivity contribution < 1.29 is 9.90 Å². The van der Waals surface area contributed by atoms with Crippen molar-refractivity contribution in [2.75, 3.05) is 6.61 Å². The van der Waals surface area contributed by atoms with Crippen molar-refractivity contribution in [2.45, 2.75) is 32.2 Å². The molecule has 1 aromatic rings. The van der Waals surface area contributed by atoms with Gasteiger partial charge >= 0.3 is 0 Å². The summed E-state index contributed by atoms with van der Waals surface area (Å²) >= 11 is 0. The number of nitrogens with two attached hydrogens (primary N) is 1. The van der Waals surface area contributed by atoms with Crippen LogP contribution in [0.3, 0.4) is 0 Å². The number of nitrogens with zero attached hydrogens (tertiary/aromatic N) is 2. The van der Waals surface area contributed by atoms with Gasteiger partial charge in [0.15, 0.2) is 0 Å². The van der Waals surface area contributed by atoms with Gasteiger partial charge in [0.2, 0.25) is 0 Å². The third-order valence-corrected chi connectivity index (χ3v) is 2.21. The molecule has 5 nitrogen and oxygen atoms in total. The molecule has 0 saturated heterocycles. The first kappa shape index (κ1) is 11.7. The van der Waals surface area contributed by atoms with E-state index in [4.69, 9.17) is 10.8 Å². The maximum absolute atomic E-state index is 10.7. The first-order valence-electron chi connectivity index (χ1n) is 5.16. The number of rotatable bonds is 7. The normalized spacial score (nSPS) is 10.5. The lowest BCUT2D eigenvalue weighted by Gasteiger charge is -2.00. The number of hydrogen-bond donors (Lipinski definition) is 2. The Bertz CT molecular complexity index is 309. The topological polar surface area (TPSA) is 81.1 Å². The lowest BCUT2D eigenvalue weighted by atomic mass is 10.2. The molecule has 1 amide bonds. The van der Waals surface area contributed by atoms with Crippen molar-refractivity contribution >= 4 is 5.91 Å². The van der Waals surface area contributed by atoms with Gasteiger partial charge in [0.05, 0.1) is 6.33 Å². The van der Waals surface area contributed by atoms with Gasteiger partial charge < -0.3 is 15.4 Å². The van der Waals surface area contributed by atoms with Crippen molar-refractivity contribution in [1.29, 1.82) is 0 Å². The quantitative estimate of drug-likeness (QED) is 0.646. The molecule has 0 aliphatic carbocycles. The average molecular weight is 211 g/mol. The molecule has 15 heavy (non-hydrogen) atoms. The minimum atomic E-state index is -0.492. The van der Waals surface area contributed by atoms with E-state index >= 15 is 0 Å². The van der Waals surface area contributed by atoms with Crippen LogP contribution in [-0.2, 0) is 6.54 Å². The fraction of sp³-hybridized carbons (Fsp3) is 0.600. The van der Waals surface area contributed by atoms with Gasteiger partial charge in [-0.3, -0.25) is 4.79 Å². The second kappa shape index (κ2) is 6.19. The molecule has 0 aliphatic rings. The Morgan fingerprint density at radius 1 is 1.40 bits per heavy atom. The van der Waals surface area contributed by atoms with Crippen LogP contribution in [0.1, 0.15) is 36.2 Å². The van der Waals surface area contributed by atoms with Crippen molar-refractivity contribution in [1.82, 2.24) is 9.55 Å². The fourth-order valence-electron chi connectivity index (χ4n) is 1.37. The van der Waals surface area contributed by atoms with E-state index in [1.165, 1.54) is 0 Å². The summed E-state index contributed by atoms with van der Waals surface area (Å²) in [5.74, 6) is -0.492. The number of imidazole rings is 1. The molecular weight excluding hydrogens is 194 g/mol. The summed E-state index contributed by atoms with van der Waals surface area (Å²) in [6.07, 6.45) is 7.27. The SMILES string of the molecule is NC(=O)c1cn(CCCCCCO)cn1. The number of aromatic nitrogens is 2. The number of carbonyl (C=O) groups excluding carboxylic acids is 1. The summed E-state index contributed by atoms with van der Waals surface area (Å²) in [4.78, 5) is 14.6. The zero-order chi connectivity index (χ0) is 11.1. The molecule has 0 unspecified atom stereocenters. The van der Waals surface area contributed by atoms with E-state index in [9.17, 15) is 4.79 Å². The lowest BCUT2D eigenvalue weighted by molar-refractivity contribution is 0.0996. The van der Waals surface area contributed by atoms with Crippen LogP contribution in [0.4, 0.5) is 0 Å². The van der Waals surface area contributed by atoms with E-state index in [0.717, 1.165) is 32.2 Å². The minimum absolute atomic E-state index is 0.261. The molecule has 5 heteroatoms. The maximum atomic E-state index is 10.7. The number of primary amides is 1. The molecule has 3 N–H and O–H groups in total. The minimum Gasteiger partial charge on any atom is -0.396 e. The van der Waals surface area contributed by atoms with Crippen LogP contribution >= 0.6 is 0 Å². The highest BCUT2D eigenvalue weighted by Crippen LogP contribution is 2.03. The molecule has 0 atom stereocenters. The summed E-state index contributed by atoms with van der Waals surface area (Å²) in [5, 5.41) is 8.58. The fourth-order valence-corrected chi connectivity index (χ4v) is 1.37. The summed E-state index contributed by atoms with van der Waals surface area (Å²) in [7, 11) is 0. The molecule has 0 fully saturated rings. The highest BCUT2D eigenvalue weighted by Gasteiger charge is 2.03. The van der Waals surface area contributed by atoms with E-state index < -0.39 is 5.91 Å². The van der Waals surface area contributed by atoms with Crippen LogP contribution in [-0.4, -0.2) is 27.2 Å². The van der Waals surface area contributed by atoms with E-state index in [-0.39, 0.29) is 6.61 Å². The molecular formula is C10H17N3O2. The molecule has 0 spiro atoms. The van der Waals surface area contributed by atoms with Gasteiger partial charge in [-0.25, -0.2) is 4.98 Å². The van der Waals surface area contributed by atoms with Crippen molar-refractivity contribution in [3.05, 3.63) is 18.2 Å². The zero-order valence-electron chi connectivity index (χ0n) is 8.72. The first-order chi connectivity index (χ1) is 7.24. The molecule has 0 bridgehead atoms. The third kappa shape index (κ3) is 4.12. The Morgan fingerprint density at radius 2 is 2.13 bits per heavy atom. The summed E-state index contributed by atoms with van der Waals surface area (Å²) < 4.78 is 1.86. The van der Waals surface area contributed by atoms with Gasteiger partial charge in [-0.15, -0.1) is 0 Å². The molecule has 0 radical (unpaired) electrons. The van der Waals surface area contributed by atoms with Crippen LogP contribution < -0.4 is 5.73 Å². The maximum Gasteiger partial charge on any atom is 0.268 e. The van der Waals surface area contributed by atoms with Gasteiger partial charge in [-0.1, -0.05) is 12.8 Å². The highest BCUT2D eigenvalue weighted by molar-refractivity contribution is 5.90. The first-order valence-corrected chi connectivity index (χ1v) is 5.16. The largest absolute Gasteiger partial charge is 0.396 e. The van der Waals surface area contributed by atoms with Gasteiger partial charge in [-0.2, -0.15) is 0 Å². The smallest absolute Gasteiger partial charge is 0.268 e. The van der Waals surface area contributed by atoms with Crippen LogP contribution in [0.15, 0.2) is 12.5 Å². The van der Waals surface area contributed by atoms with Crippen molar-refractivity contribution in [3.8, 4) is 0 Å². The number of aliphatic hydroxyl groups is 1. The Labute approximate surface area is 88.9 Å². The van der Waals surface area contributed by atoms with Crippen molar-refractivity contribution in [3.63, 3.8) is 0 Å². The van der Waals surface area contributed by atoms with Crippen LogP contribution in [0.5, 0.6) is 0 Å².